The zero-order valence-corrected chi connectivity index (χ0v) is 10.6. The number of nitrogens with one attached hydrogen (secondary N) is 1. The third kappa shape index (κ3) is 2.11. The summed E-state index contributed by atoms with van der Waals surface area (Å²) >= 11 is 0. The number of hydrogen-bond donors (Lipinski definition) is 1. The summed E-state index contributed by atoms with van der Waals surface area (Å²) in [6.45, 7) is 6.04. The van der Waals surface area contributed by atoms with Crippen LogP contribution in [-0.4, -0.2) is 22.0 Å². The summed E-state index contributed by atoms with van der Waals surface area (Å²) in [4.78, 5) is 13.2. The van der Waals surface area contributed by atoms with Crippen LogP contribution in [0.1, 0.15) is 16.8 Å². The maximum Gasteiger partial charge on any atom is 0.163 e. The lowest BCUT2D eigenvalue weighted by Gasteiger charge is -2.10. The first kappa shape index (κ1) is 11.5. The molecule has 4 nitrogen and oxygen atoms in total. The van der Waals surface area contributed by atoms with Crippen LogP contribution in [0.15, 0.2) is 18.5 Å². The summed E-state index contributed by atoms with van der Waals surface area (Å²) in [6, 6.07) is 1.97. The Bertz CT molecular complexity index is 549. The van der Waals surface area contributed by atoms with Crippen LogP contribution < -0.4 is 5.32 Å². The smallest absolute Gasteiger partial charge is 0.163 e. The molecule has 2 rings (SSSR count). The van der Waals surface area contributed by atoms with Crippen LogP contribution in [0.4, 0.5) is 5.82 Å². The van der Waals surface area contributed by atoms with Crippen LogP contribution >= 0.6 is 0 Å². The number of pyridine rings is 1. The van der Waals surface area contributed by atoms with Crippen molar-refractivity contribution in [1.82, 2.24) is 15.0 Å². The van der Waals surface area contributed by atoms with Crippen LogP contribution in [0.2, 0.25) is 0 Å². The minimum absolute atomic E-state index is 0.725. The molecule has 0 aromatic carbocycles. The van der Waals surface area contributed by atoms with Gasteiger partial charge in [-0.1, -0.05) is 0 Å². The van der Waals surface area contributed by atoms with Gasteiger partial charge in [-0.25, -0.2) is 9.97 Å². The van der Waals surface area contributed by atoms with Crippen molar-refractivity contribution in [2.75, 3.05) is 12.4 Å². The van der Waals surface area contributed by atoms with Crippen molar-refractivity contribution in [3.8, 4) is 11.4 Å². The third-order valence-electron chi connectivity index (χ3n) is 2.91. The van der Waals surface area contributed by atoms with Crippen molar-refractivity contribution in [1.29, 1.82) is 0 Å². The fourth-order valence-electron chi connectivity index (χ4n) is 1.69. The lowest BCUT2D eigenvalue weighted by atomic mass is 10.1. The van der Waals surface area contributed by atoms with Gasteiger partial charge in [0.2, 0.25) is 0 Å². The molecule has 0 aliphatic carbocycles. The van der Waals surface area contributed by atoms with Gasteiger partial charge in [-0.3, -0.25) is 4.98 Å². The van der Waals surface area contributed by atoms with Crippen LogP contribution in [0.3, 0.4) is 0 Å². The van der Waals surface area contributed by atoms with E-state index < -0.39 is 0 Å². The molecule has 0 radical (unpaired) electrons. The fourth-order valence-corrected chi connectivity index (χ4v) is 1.69. The maximum atomic E-state index is 4.52. The number of nitrogens with zero attached hydrogens (tertiary/aromatic N) is 3. The van der Waals surface area contributed by atoms with Gasteiger partial charge >= 0.3 is 0 Å². The van der Waals surface area contributed by atoms with E-state index in [1.54, 1.807) is 12.4 Å². The summed E-state index contributed by atoms with van der Waals surface area (Å²) in [7, 11) is 1.87. The van der Waals surface area contributed by atoms with E-state index in [2.05, 4.69) is 20.3 Å². The Morgan fingerprint density at radius 1 is 1.12 bits per heavy atom. The molecular formula is C13H16N4. The van der Waals surface area contributed by atoms with E-state index >= 15 is 0 Å². The topological polar surface area (TPSA) is 50.7 Å². The molecule has 2 heterocycles. The molecule has 0 unspecified atom stereocenters. The number of aryl methyl sites for hydroxylation is 2. The highest BCUT2D eigenvalue weighted by molar-refractivity contribution is 5.61. The normalized spacial score (nSPS) is 10.4. The second kappa shape index (κ2) is 4.49. The average Bonchev–Trinajstić information content (AvgIpc) is 2.33. The summed E-state index contributed by atoms with van der Waals surface area (Å²) in [5.74, 6) is 1.60. The lowest BCUT2D eigenvalue weighted by molar-refractivity contribution is 1.06. The molecule has 1 N–H and O–H groups in total. The quantitative estimate of drug-likeness (QED) is 0.858. The molecule has 0 aliphatic rings. The molecule has 88 valence electrons. The molecule has 0 atom stereocenters. The first-order valence-electron chi connectivity index (χ1n) is 5.57. The number of aromatic nitrogens is 3. The standard InChI is InChI=1S/C13H16N4/c1-8-5-6-15-7-11(8)13-16-10(3)9(2)12(14-4)17-13/h5-7H,1-4H3,(H,14,16,17). The zero-order valence-electron chi connectivity index (χ0n) is 10.6. The number of rotatable bonds is 2. The summed E-state index contributed by atoms with van der Waals surface area (Å²) in [5.41, 5.74) is 4.18. The van der Waals surface area contributed by atoms with Gasteiger partial charge in [-0.05, 0) is 32.4 Å². The molecule has 0 aliphatic heterocycles. The Kier molecular flexibility index (Phi) is 3.04. The van der Waals surface area contributed by atoms with Crippen LogP contribution in [0, 0.1) is 20.8 Å². The van der Waals surface area contributed by atoms with E-state index in [4.69, 9.17) is 0 Å². The van der Waals surface area contributed by atoms with E-state index in [-0.39, 0.29) is 0 Å². The van der Waals surface area contributed by atoms with Gasteiger partial charge in [0.05, 0.1) is 0 Å². The maximum absolute atomic E-state index is 4.52. The predicted molar refractivity (Wildman–Crippen MR) is 69.0 cm³/mol. The fraction of sp³-hybridized carbons (Fsp3) is 0.308. The molecule has 0 spiro atoms. The highest BCUT2D eigenvalue weighted by atomic mass is 15.0. The zero-order chi connectivity index (χ0) is 12.4. The average molecular weight is 228 g/mol. The predicted octanol–water partition coefficient (Wildman–Crippen LogP) is 2.51. The molecule has 2 aromatic rings. The first-order valence-corrected chi connectivity index (χ1v) is 5.57. The SMILES string of the molecule is CNc1nc(-c2cnccc2C)nc(C)c1C. The van der Waals surface area contributed by atoms with Gasteiger partial charge in [0.1, 0.15) is 5.82 Å². The molecule has 0 bridgehead atoms. The molecular weight excluding hydrogens is 212 g/mol. The van der Waals surface area contributed by atoms with Gasteiger partial charge in [-0.2, -0.15) is 0 Å². The number of anilines is 1. The van der Waals surface area contributed by atoms with Gasteiger partial charge in [0.25, 0.3) is 0 Å². The van der Waals surface area contributed by atoms with Crippen LogP contribution in [0.5, 0.6) is 0 Å². The van der Waals surface area contributed by atoms with E-state index in [9.17, 15) is 0 Å². The Morgan fingerprint density at radius 2 is 1.88 bits per heavy atom. The third-order valence-corrected chi connectivity index (χ3v) is 2.91. The highest BCUT2D eigenvalue weighted by Gasteiger charge is 2.10. The minimum atomic E-state index is 0.725. The molecule has 2 aromatic heterocycles. The largest absolute Gasteiger partial charge is 0.373 e. The molecule has 4 heteroatoms. The summed E-state index contributed by atoms with van der Waals surface area (Å²) < 4.78 is 0. The van der Waals surface area contributed by atoms with Gasteiger partial charge in [-0.15, -0.1) is 0 Å². The van der Waals surface area contributed by atoms with Crippen molar-refractivity contribution in [3.05, 3.63) is 35.3 Å². The number of hydrogen-bond acceptors (Lipinski definition) is 4. The Hall–Kier alpha value is -1.97. The molecule has 0 saturated carbocycles. The lowest BCUT2D eigenvalue weighted by Crippen LogP contribution is -2.03. The van der Waals surface area contributed by atoms with E-state index in [0.29, 0.717) is 0 Å². The van der Waals surface area contributed by atoms with Crippen molar-refractivity contribution >= 4 is 5.82 Å². The van der Waals surface area contributed by atoms with E-state index in [1.165, 1.54) is 0 Å². The van der Waals surface area contributed by atoms with Gasteiger partial charge in [0.15, 0.2) is 5.82 Å². The minimum Gasteiger partial charge on any atom is -0.373 e. The molecule has 17 heavy (non-hydrogen) atoms. The summed E-state index contributed by atoms with van der Waals surface area (Å²) in [5, 5.41) is 3.09. The van der Waals surface area contributed by atoms with Crippen molar-refractivity contribution in [2.45, 2.75) is 20.8 Å². The van der Waals surface area contributed by atoms with Gasteiger partial charge < -0.3 is 5.32 Å². The first-order chi connectivity index (χ1) is 8.13. The van der Waals surface area contributed by atoms with E-state index in [0.717, 1.165) is 34.0 Å². The van der Waals surface area contributed by atoms with Gasteiger partial charge in [0, 0.05) is 36.3 Å². The van der Waals surface area contributed by atoms with Crippen LogP contribution in [-0.2, 0) is 0 Å². The Balaban J connectivity index is 2.61. The van der Waals surface area contributed by atoms with Crippen molar-refractivity contribution in [3.63, 3.8) is 0 Å². The second-order valence-corrected chi connectivity index (χ2v) is 4.05. The molecule has 0 fully saturated rings. The monoisotopic (exact) mass is 228 g/mol. The summed E-state index contributed by atoms with van der Waals surface area (Å²) in [6.07, 6.45) is 3.58. The van der Waals surface area contributed by atoms with Crippen LogP contribution in [0.25, 0.3) is 11.4 Å². The molecule has 0 saturated heterocycles. The van der Waals surface area contributed by atoms with Crippen molar-refractivity contribution < 1.29 is 0 Å². The Morgan fingerprint density at radius 3 is 2.53 bits per heavy atom. The second-order valence-electron chi connectivity index (χ2n) is 4.05. The molecule has 0 amide bonds. The Labute approximate surface area is 101 Å². The highest BCUT2D eigenvalue weighted by Crippen LogP contribution is 2.22. The van der Waals surface area contributed by atoms with E-state index in [1.807, 2.05) is 33.9 Å². The van der Waals surface area contributed by atoms with Crippen molar-refractivity contribution in [2.24, 2.45) is 0 Å².